The van der Waals surface area contributed by atoms with Crippen LogP contribution >= 0.6 is 10.5 Å². The molecule has 130 valence electrons. The Morgan fingerprint density at radius 1 is 1.32 bits per heavy atom. The van der Waals surface area contributed by atoms with E-state index in [0.717, 1.165) is 19.3 Å². The number of carbonyl (C=O) groups is 2. The van der Waals surface area contributed by atoms with Crippen LogP contribution in [0.1, 0.15) is 58.3 Å². The van der Waals surface area contributed by atoms with Crippen molar-refractivity contribution >= 4 is 22.4 Å². The van der Waals surface area contributed by atoms with Crippen molar-refractivity contribution in [2.75, 3.05) is 18.1 Å². The van der Waals surface area contributed by atoms with Crippen LogP contribution in [0.3, 0.4) is 0 Å². The summed E-state index contributed by atoms with van der Waals surface area (Å²) in [7, 11) is -2.40. The quantitative estimate of drug-likeness (QED) is 0.397. The highest BCUT2D eigenvalue weighted by atomic mass is 32.3. The van der Waals surface area contributed by atoms with Gasteiger partial charge in [-0.2, -0.15) is 0 Å². The van der Waals surface area contributed by atoms with Gasteiger partial charge in [-0.1, -0.05) is 55.9 Å². The van der Waals surface area contributed by atoms with E-state index >= 15 is 0 Å². The first-order chi connectivity index (χ1) is 10.4. The maximum absolute atomic E-state index is 11.8. The fraction of sp³-hybridized carbons (Fsp3) is 0.867. The first kappa shape index (κ1) is 19.3. The summed E-state index contributed by atoms with van der Waals surface area (Å²) in [5, 5.41) is 8.43. The molecule has 0 aromatic heterocycles. The van der Waals surface area contributed by atoms with Crippen molar-refractivity contribution in [1.82, 2.24) is 5.32 Å². The van der Waals surface area contributed by atoms with Crippen molar-refractivity contribution in [3.8, 4) is 0 Å². The largest absolute Gasteiger partial charge is 0.464 e. The molecule has 0 bridgehead atoms. The highest BCUT2D eigenvalue weighted by molar-refractivity contribution is 8.27. The minimum absolute atomic E-state index is 0.105. The molecule has 4 N–H and O–H groups in total. The molecule has 0 saturated carbocycles. The van der Waals surface area contributed by atoms with Crippen molar-refractivity contribution in [3.63, 3.8) is 0 Å². The number of esters is 1. The smallest absolute Gasteiger partial charge is 0.328 e. The maximum atomic E-state index is 11.8. The van der Waals surface area contributed by atoms with Crippen molar-refractivity contribution < 1.29 is 18.9 Å². The lowest BCUT2D eigenvalue weighted by Gasteiger charge is -2.28. The van der Waals surface area contributed by atoms with E-state index in [1.54, 1.807) is 0 Å². The number of cyclic esters (lactones) is 1. The molecule has 0 aromatic rings. The number of nitrogens with two attached hydrogens (primary N) is 1. The van der Waals surface area contributed by atoms with Gasteiger partial charge in [0.25, 0.3) is 0 Å². The van der Waals surface area contributed by atoms with Gasteiger partial charge in [0.1, 0.15) is 6.04 Å². The van der Waals surface area contributed by atoms with E-state index in [0.29, 0.717) is 18.8 Å². The van der Waals surface area contributed by atoms with E-state index in [-0.39, 0.29) is 11.7 Å². The van der Waals surface area contributed by atoms with Gasteiger partial charge in [-0.25, -0.2) is 4.79 Å². The summed E-state index contributed by atoms with van der Waals surface area (Å²) in [5.41, 5.74) is 0. The number of carbonyl (C=O) groups excluding carboxylic acids is 2. The Morgan fingerprint density at radius 3 is 2.55 bits per heavy atom. The molecule has 0 spiro atoms. The molecule has 2 unspecified atom stereocenters. The standard InChI is InChI=1S/C15H30N2O4S/c1-2-3-4-5-6-7-8-11-22(16,20)12-14(18)17-13-9-10-21-15(13)19/h13,20H,2-12,16H2,1H3,(H,17,18). The molecule has 1 saturated heterocycles. The maximum Gasteiger partial charge on any atom is 0.328 e. The van der Waals surface area contributed by atoms with Gasteiger partial charge in [-0.05, 0) is 6.42 Å². The fourth-order valence-electron chi connectivity index (χ4n) is 2.47. The summed E-state index contributed by atoms with van der Waals surface area (Å²) < 4.78 is 14.9. The lowest BCUT2D eigenvalue weighted by atomic mass is 10.1. The third kappa shape index (κ3) is 8.00. The van der Waals surface area contributed by atoms with Crippen LogP contribution in [0.2, 0.25) is 0 Å². The lowest BCUT2D eigenvalue weighted by molar-refractivity contribution is -0.141. The van der Waals surface area contributed by atoms with Crippen molar-refractivity contribution in [2.45, 2.75) is 64.3 Å². The summed E-state index contributed by atoms with van der Waals surface area (Å²) >= 11 is 0. The minimum Gasteiger partial charge on any atom is -0.464 e. The van der Waals surface area contributed by atoms with E-state index in [2.05, 4.69) is 12.2 Å². The second-order valence-corrected chi connectivity index (χ2v) is 8.45. The molecule has 1 aliphatic heterocycles. The molecule has 1 rings (SSSR count). The van der Waals surface area contributed by atoms with Gasteiger partial charge in [-0.15, -0.1) is 0 Å². The molecule has 6 nitrogen and oxygen atoms in total. The molecule has 2 atom stereocenters. The number of nitrogens with one attached hydrogen (secondary N) is 1. The zero-order valence-electron chi connectivity index (χ0n) is 13.5. The predicted molar refractivity (Wildman–Crippen MR) is 89.6 cm³/mol. The normalized spacial score (nSPS) is 22.0. The van der Waals surface area contributed by atoms with Crippen LogP contribution in [0.4, 0.5) is 0 Å². The Bertz CT molecular complexity index is 363. The Labute approximate surface area is 134 Å². The van der Waals surface area contributed by atoms with E-state index in [1.807, 2.05) is 0 Å². The van der Waals surface area contributed by atoms with Crippen molar-refractivity contribution in [2.24, 2.45) is 5.14 Å². The molecule has 22 heavy (non-hydrogen) atoms. The number of hydrogen-bond donors (Lipinski definition) is 3. The van der Waals surface area contributed by atoms with Crippen LogP contribution in [-0.4, -0.2) is 40.6 Å². The monoisotopic (exact) mass is 334 g/mol. The van der Waals surface area contributed by atoms with Crippen LogP contribution in [0.25, 0.3) is 0 Å². The predicted octanol–water partition coefficient (Wildman–Crippen LogP) is 2.32. The average molecular weight is 334 g/mol. The summed E-state index contributed by atoms with van der Waals surface area (Å²) in [6, 6.07) is -0.582. The van der Waals surface area contributed by atoms with Gasteiger partial charge in [0.2, 0.25) is 5.91 Å². The third-order valence-corrected chi connectivity index (χ3v) is 5.51. The Kier molecular flexibility index (Phi) is 8.82. The minimum atomic E-state index is -2.40. The number of hydrogen-bond acceptors (Lipinski definition) is 5. The van der Waals surface area contributed by atoms with Crippen molar-refractivity contribution in [3.05, 3.63) is 0 Å². The van der Waals surface area contributed by atoms with Gasteiger partial charge in [-0.3, -0.25) is 9.93 Å². The Morgan fingerprint density at radius 2 is 1.95 bits per heavy atom. The lowest BCUT2D eigenvalue weighted by Crippen LogP contribution is -2.41. The second kappa shape index (κ2) is 10.1. The van der Waals surface area contributed by atoms with E-state index in [1.165, 1.54) is 25.7 Å². The molecule has 0 aliphatic carbocycles. The number of ether oxygens (including phenoxy) is 1. The molecule has 1 aliphatic rings. The molecule has 0 aromatic carbocycles. The molecule has 7 heteroatoms. The summed E-state index contributed by atoms with van der Waals surface area (Å²) in [6.07, 6.45) is 8.50. The first-order valence-corrected chi connectivity index (χ1v) is 10.2. The van der Waals surface area contributed by atoms with Crippen LogP contribution in [0, 0.1) is 0 Å². The molecule has 0 radical (unpaired) electrons. The fourth-order valence-corrected chi connectivity index (χ4v) is 3.86. The van der Waals surface area contributed by atoms with E-state index in [9.17, 15) is 14.1 Å². The highest BCUT2D eigenvalue weighted by Gasteiger charge is 2.29. The number of rotatable bonds is 11. The van der Waals surface area contributed by atoms with Gasteiger partial charge in [0, 0.05) is 12.2 Å². The zero-order chi connectivity index (χ0) is 16.4. The molecule has 1 heterocycles. The number of unbranched alkanes of at least 4 members (excludes halogenated alkanes) is 6. The third-order valence-electron chi connectivity index (χ3n) is 3.75. The zero-order valence-corrected chi connectivity index (χ0v) is 14.3. The van der Waals surface area contributed by atoms with Gasteiger partial charge in [0.15, 0.2) is 0 Å². The van der Waals surface area contributed by atoms with Crippen LogP contribution < -0.4 is 10.5 Å². The second-order valence-electron chi connectivity index (χ2n) is 5.95. The summed E-state index contributed by atoms with van der Waals surface area (Å²) in [6.45, 7) is 2.52. The van der Waals surface area contributed by atoms with Crippen molar-refractivity contribution in [1.29, 1.82) is 0 Å². The van der Waals surface area contributed by atoms with Crippen LogP contribution in [0.5, 0.6) is 0 Å². The topological polar surface area (TPSA) is 102 Å². The van der Waals surface area contributed by atoms with Gasteiger partial charge in [0.05, 0.1) is 12.4 Å². The molecular weight excluding hydrogens is 304 g/mol. The first-order valence-electron chi connectivity index (χ1n) is 8.19. The summed E-state index contributed by atoms with van der Waals surface area (Å²) in [4.78, 5) is 23.1. The van der Waals surface area contributed by atoms with Crippen LogP contribution in [0.15, 0.2) is 0 Å². The Hall–Kier alpha value is -0.790. The van der Waals surface area contributed by atoms with Gasteiger partial charge >= 0.3 is 5.97 Å². The van der Waals surface area contributed by atoms with E-state index in [4.69, 9.17) is 9.88 Å². The average Bonchev–Trinajstić information content (AvgIpc) is 2.82. The highest BCUT2D eigenvalue weighted by Crippen LogP contribution is 2.35. The molecule has 1 fully saturated rings. The van der Waals surface area contributed by atoms with E-state index < -0.39 is 22.5 Å². The molecule has 1 amide bonds. The SMILES string of the molecule is CCCCCCCCCS(N)(O)CC(=O)NC1CCOC1=O. The van der Waals surface area contributed by atoms with Gasteiger partial charge < -0.3 is 14.6 Å². The van der Waals surface area contributed by atoms with Crippen LogP contribution in [-0.2, 0) is 14.3 Å². The number of amides is 1. The molecular formula is C15H30N2O4S. The summed E-state index contributed by atoms with van der Waals surface area (Å²) in [5.74, 6) is -0.404. The Balaban J connectivity index is 2.14.